The molecule has 2 rings (SSSR count). The Balaban J connectivity index is 2.04. The van der Waals surface area contributed by atoms with Gasteiger partial charge in [0.25, 0.3) is 0 Å². The Morgan fingerprint density at radius 3 is 2.57 bits per heavy atom. The van der Waals surface area contributed by atoms with Crippen LogP contribution in [0.25, 0.3) is 0 Å². The topological polar surface area (TPSA) is 67.4 Å². The first-order valence-electron chi connectivity index (χ1n) is 7.05. The second-order valence-electron chi connectivity index (χ2n) is 5.14. The largest absolute Gasteiger partial charge is 0.453 e. The van der Waals surface area contributed by atoms with Crippen LogP contribution in [0.3, 0.4) is 0 Å². The molecular weight excluding hydrogens is 275 g/mol. The van der Waals surface area contributed by atoms with Gasteiger partial charge in [0.1, 0.15) is 5.82 Å². The van der Waals surface area contributed by atoms with Gasteiger partial charge in [0, 0.05) is 11.6 Å². The average molecular weight is 294 g/mol. The molecule has 1 saturated carbocycles. The quantitative estimate of drug-likeness (QED) is 0.896. The fourth-order valence-corrected chi connectivity index (χ4v) is 2.47. The second kappa shape index (κ2) is 7.06. The van der Waals surface area contributed by atoms with Crippen LogP contribution < -0.4 is 10.6 Å². The van der Waals surface area contributed by atoms with E-state index < -0.39 is 11.9 Å². The summed E-state index contributed by atoms with van der Waals surface area (Å²) < 4.78 is 18.0. The molecule has 1 aliphatic carbocycles. The molecule has 0 radical (unpaired) electrons. The number of anilines is 2. The fourth-order valence-electron chi connectivity index (χ4n) is 2.47. The lowest BCUT2D eigenvalue weighted by Gasteiger charge is -2.21. The van der Waals surface area contributed by atoms with Crippen molar-refractivity contribution in [3.63, 3.8) is 0 Å². The highest BCUT2D eigenvalue weighted by Gasteiger charge is 2.21. The van der Waals surface area contributed by atoms with Gasteiger partial charge in [0.05, 0.1) is 12.8 Å². The molecule has 0 aromatic heterocycles. The van der Waals surface area contributed by atoms with Gasteiger partial charge in [0.2, 0.25) is 5.91 Å². The van der Waals surface area contributed by atoms with Crippen molar-refractivity contribution in [2.45, 2.75) is 32.1 Å². The predicted octanol–water partition coefficient (Wildman–Crippen LogP) is 3.52. The standard InChI is InChI=1S/C15H19FN2O3/c1-21-15(20)18-13-9-11(7-8-12(13)16)17-14(19)10-5-3-2-4-6-10/h7-10H,2-6H2,1H3,(H,17,19)(H,18,20). The Morgan fingerprint density at radius 1 is 1.19 bits per heavy atom. The second-order valence-corrected chi connectivity index (χ2v) is 5.14. The van der Waals surface area contributed by atoms with Crippen molar-refractivity contribution in [2.75, 3.05) is 17.7 Å². The molecule has 1 aromatic carbocycles. The van der Waals surface area contributed by atoms with E-state index in [1.165, 1.54) is 31.7 Å². The molecule has 0 saturated heterocycles. The number of halogens is 1. The number of hydrogen-bond acceptors (Lipinski definition) is 3. The minimum absolute atomic E-state index is 0.0146. The molecule has 0 heterocycles. The van der Waals surface area contributed by atoms with Crippen LogP contribution in [0.15, 0.2) is 18.2 Å². The molecule has 0 bridgehead atoms. The van der Waals surface area contributed by atoms with Crippen LogP contribution in [0.4, 0.5) is 20.6 Å². The summed E-state index contributed by atoms with van der Waals surface area (Å²) in [5.41, 5.74) is 0.432. The smallest absolute Gasteiger partial charge is 0.411 e. The summed E-state index contributed by atoms with van der Waals surface area (Å²) in [4.78, 5) is 23.3. The molecule has 0 atom stereocenters. The van der Waals surface area contributed by atoms with Crippen molar-refractivity contribution in [2.24, 2.45) is 5.92 Å². The van der Waals surface area contributed by atoms with Crippen molar-refractivity contribution < 1.29 is 18.7 Å². The van der Waals surface area contributed by atoms with E-state index >= 15 is 0 Å². The first kappa shape index (κ1) is 15.3. The molecule has 21 heavy (non-hydrogen) atoms. The van der Waals surface area contributed by atoms with E-state index in [-0.39, 0.29) is 17.5 Å². The summed E-state index contributed by atoms with van der Waals surface area (Å²) in [5, 5.41) is 5.04. The molecular formula is C15H19FN2O3. The highest BCUT2D eigenvalue weighted by Crippen LogP contribution is 2.26. The normalized spacial score (nSPS) is 15.3. The number of rotatable bonds is 3. The molecule has 5 nitrogen and oxygen atoms in total. The maximum atomic E-state index is 13.6. The summed E-state index contributed by atoms with van der Waals surface area (Å²) in [7, 11) is 1.20. The molecule has 1 aromatic rings. The van der Waals surface area contributed by atoms with Crippen LogP contribution in [-0.2, 0) is 9.53 Å². The summed E-state index contributed by atoms with van der Waals surface area (Å²) in [6.45, 7) is 0. The van der Waals surface area contributed by atoms with Gasteiger partial charge >= 0.3 is 6.09 Å². The number of amides is 2. The van der Waals surface area contributed by atoms with Crippen molar-refractivity contribution in [1.82, 2.24) is 0 Å². The molecule has 2 amide bonds. The lowest BCUT2D eigenvalue weighted by atomic mass is 9.88. The number of hydrogen-bond donors (Lipinski definition) is 2. The lowest BCUT2D eigenvalue weighted by molar-refractivity contribution is -0.120. The summed E-state index contributed by atoms with van der Waals surface area (Å²) in [6.07, 6.45) is 4.33. The Bertz CT molecular complexity index is 528. The van der Waals surface area contributed by atoms with Gasteiger partial charge in [0.15, 0.2) is 0 Å². The Kier molecular flexibility index (Phi) is 5.14. The predicted molar refractivity (Wildman–Crippen MR) is 77.6 cm³/mol. The van der Waals surface area contributed by atoms with Crippen LogP contribution in [0.5, 0.6) is 0 Å². The van der Waals surface area contributed by atoms with Gasteiger partial charge in [-0.1, -0.05) is 19.3 Å². The van der Waals surface area contributed by atoms with E-state index in [1.807, 2.05) is 0 Å². The van der Waals surface area contributed by atoms with Crippen LogP contribution in [0.2, 0.25) is 0 Å². The Labute approximate surface area is 122 Å². The van der Waals surface area contributed by atoms with Crippen LogP contribution >= 0.6 is 0 Å². The zero-order chi connectivity index (χ0) is 15.2. The number of ether oxygens (including phenoxy) is 1. The maximum absolute atomic E-state index is 13.6. The molecule has 1 aliphatic rings. The van der Waals surface area contributed by atoms with Gasteiger partial charge < -0.3 is 10.1 Å². The Hall–Kier alpha value is -2.11. The van der Waals surface area contributed by atoms with E-state index in [1.54, 1.807) is 0 Å². The van der Waals surface area contributed by atoms with E-state index in [0.717, 1.165) is 25.7 Å². The van der Waals surface area contributed by atoms with Gasteiger partial charge in [-0.15, -0.1) is 0 Å². The molecule has 0 aliphatic heterocycles. The zero-order valence-corrected chi connectivity index (χ0v) is 11.9. The minimum Gasteiger partial charge on any atom is -0.453 e. The average Bonchev–Trinajstić information content (AvgIpc) is 2.51. The van der Waals surface area contributed by atoms with Crippen LogP contribution in [-0.4, -0.2) is 19.1 Å². The SMILES string of the molecule is COC(=O)Nc1cc(NC(=O)C2CCCCC2)ccc1F. The first-order valence-corrected chi connectivity index (χ1v) is 7.05. The van der Waals surface area contributed by atoms with Crippen molar-refractivity contribution in [3.8, 4) is 0 Å². The lowest BCUT2D eigenvalue weighted by Crippen LogP contribution is -2.24. The highest BCUT2D eigenvalue weighted by molar-refractivity contribution is 5.94. The molecule has 0 spiro atoms. The van der Waals surface area contributed by atoms with E-state index in [4.69, 9.17) is 0 Å². The minimum atomic E-state index is -0.760. The van der Waals surface area contributed by atoms with Gasteiger partial charge in [-0.3, -0.25) is 10.1 Å². The third-order valence-corrected chi connectivity index (χ3v) is 3.63. The van der Waals surface area contributed by atoms with Gasteiger partial charge in [-0.2, -0.15) is 0 Å². The maximum Gasteiger partial charge on any atom is 0.411 e. The summed E-state index contributed by atoms with van der Waals surface area (Å²) in [6, 6.07) is 4.05. The van der Waals surface area contributed by atoms with Gasteiger partial charge in [-0.25, -0.2) is 9.18 Å². The van der Waals surface area contributed by atoms with Crippen molar-refractivity contribution >= 4 is 23.4 Å². The van der Waals surface area contributed by atoms with Gasteiger partial charge in [-0.05, 0) is 31.0 Å². The highest BCUT2D eigenvalue weighted by atomic mass is 19.1. The summed E-state index contributed by atoms with van der Waals surface area (Å²) >= 11 is 0. The van der Waals surface area contributed by atoms with Crippen molar-refractivity contribution in [3.05, 3.63) is 24.0 Å². The third-order valence-electron chi connectivity index (χ3n) is 3.63. The molecule has 2 N–H and O–H groups in total. The van der Waals surface area contributed by atoms with Crippen LogP contribution in [0.1, 0.15) is 32.1 Å². The van der Waals surface area contributed by atoms with E-state index in [2.05, 4.69) is 15.4 Å². The third kappa shape index (κ3) is 4.18. The van der Waals surface area contributed by atoms with Crippen LogP contribution in [0, 0.1) is 11.7 Å². The molecule has 114 valence electrons. The number of nitrogens with one attached hydrogen (secondary N) is 2. The van der Waals surface area contributed by atoms with Crippen molar-refractivity contribution in [1.29, 1.82) is 0 Å². The zero-order valence-electron chi connectivity index (χ0n) is 11.9. The number of methoxy groups -OCH3 is 1. The van der Waals surface area contributed by atoms with E-state index in [0.29, 0.717) is 5.69 Å². The molecule has 1 fully saturated rings. The monoisotopic (exact) mass is 294 g/mol. The number of benzene rings is 1. The first-order chi connectivity index (χ1) is 10.1. The number of carbonyl (C=O) groups is 2. The van der Waals surface area contributed by atoms with E-state index in [9.17, 15) is 14.0 Å². The molecule has 0 unspecified atom stereocenters. The molecule has 6 heteroatoms. The fraction of sp³-hybridized carbons (Fsp3) is 0.467. The Morgan fingerprint density at radius 2 is 1.90 bits per heavy atom. The number of carbonyl (C=O) groups excluding carboxylic acids is 2. The summed E-state index contributed by atoms with van der Waals surface area (Å²) in [5.74, 6) is -0.623.